The Kier molecular flexibility index (Phi) is 4.76. The Bertz CT molecular complexity index is 481. The van der Waals surface area contributed by atoms with E-state index in [0.717, 1.165) is 25.7 Å². The average Bonchev–Trinajstić information content (AvgIpc) is 2.48. The van der Waals surface area contributed by atoms with Crippen molar-refractivity contribution in [3.05, 3.63) is 29.6 Å². The maximum atomic E-state index is 13.7. The molecule has 0 heterocycles. The van der Waals surface area contributed by atoms with E-state index in [0.29, 0.717) is 12.0 Å². The second-order valence-electron chi connectivity index (χ2n) is 5.54. The first-order valence-electron chi connectivity index (χ1n) is 7.16. The van der Waals surface area contributed by atoms with Gasteiger partial charge in [0.25, 0.3) is 0 Å². The van der Waals surface area contributed by atoms with Crippen LogP contribution in [0.4, 0.5) is 4.39 Å². The number of ether oxygens (including phenoxy) is 1. The molecule has 0 spiro atoms. The number of hydrogen-bond donors (Lipinski definition) is 1. The fourth-order valence-corrected chi connectivity index (χ4v) is 2.99. The Morgan fingerprint density at radius 1 is 1.35 bits per heavy atom. The molecule has 1 fully saturated rings. The Balaban J connectivity index is 2.12. The molecule has 1 aliphatic rings. The number of carbonyl (C=O) groups is 1. The third-order valence-corrected chi connectivity index (χ3v) is 4.31. The number of methoxy groups -OCH3 is 1. The number of nitrogens with one attached hydrogen (secondary N) is 1. The van der Waals surface area contributed by atoms with Crippen LogP contribution in [0.2, 0.25) is 0 Å². The van der Waals surface area contributed by atoms with Crippen molar-refractivity contribution in [2.45, 2.75) is 44.1 Å². The molecule has 0 unspecified atom stereocenters. The molecule has 20 heavy (non-hydrogen) atoms. The van der Waals surface area contributed by atoms with Gasteiger partial charge < -0.3 is 10.1 Å². The Labute approximate surface area is 119 Å². The molecular weight excluding hydrogens is 257 g/mol. The predicted octanol–water partition coefficient (Wildman–Crippen LogP) is 3.33. The zero-order chi connectivity index (χ0) is 14.6. The summed E-state index contributed by atoms with van der Waals surface area (Å²) in [6, 6.07) is 4.42. The fourth-order valence-electron chi connectivity index (χ4n) is 2.99. The van der Waals surface area contributed by atoms with Crippen LogP contribution < -0.4 is 10.1 Å². The maximum Gasteiger partial charge on any atom is 0.165 e. The first-order valence-corrected chi connectivity index (χ1v) is 7.16. The molecule has 0 saturated heterocycles. The van der Waals surface area contributed by atoms with E-state index < -0.39 is 5.82 Å². The van der Waals surface area contributed by atoms with Gasteiger partial charge in [-0.25, -0.2) is 4.39 Å². The summed E-state index contributed by atoms with van der Waals surface area (Å²) >= 11 is 0. The lowest BCUT2D eigenvalue weighted by Gasteiger charge is -2.36. The fraction of sp³-hybridized carbons (Fsp3) is 0.562. The van der Waals surface area contributed by atoms with Gasteiger partial charge in [0.2, 0.25) is 0 Å². The molecule has 0 bridgehead atoms. The smallest absolute Gasteiger partial charge is 0.165 e. The summed E-state index contributed by atoms with van der Waals surface area (Å²) in [5, 5.41) is 3.32. The second-order valence-corrected chi connectivity index (χ2v) is 5.54. The van der Waals surface area contributed by atoms with Crippen molar-refractivity contribution in [1.82, 2.24) is 5.32 Å². The van der Waals surface area contributed by atoms with Crippen molar-refractivity contribution >= 4 is 5.78 Å². The molecule has 0 radical (unpaired) electrons. The van der Waals surface area contributed by atoms with Gasteiger partial charge in [0.1, 0.15) is 0 Å². The van der Waals surface area contributed by atoms with Crippen molar-refractivity contribution < 1.29 is 13.9 Å². The topological polar surface area (TPSA) is 38.3 Å². The molecule has 3 nitrogen and oxygen atoms in total. The molecule has 1 aromatic carbocycles. The van der Waals surface area contributed by atoms with E-state index in [1.807, 2.05) is 7.05 Å². The first kappa shape index (κ1) is 15.0. The summed E-state index contributed by atoms with van der Waals surface area (Å²) in [7, 11) is 3.32. The Morgan fingerprint density at radius 2 is 2.05 bits per heavy atom. The summed E-state index contributed by atoms with van der Waals surface area (Å²) < 4.78 is 18.5. The minimum atomic E-state index is -0.486. The van der Waals surface area contributed by atoms with E-state index in [4.69, 9.17) is 4.74 Å². The standard InChI is InChI=1S/C16H22FNO2/c1-18-16(8-4-3-5-9-16)11-14(19)12-6-7-15(20-2)13(17)10-12/h6-7,10,18H,3-5,8-9,11H2,1-2H3. The van der Waals surface area contributed by atoms with Gasteiger partial charge in [-0.15, -0.1) is 0 Å². The number of benzene rings is 1. The van der Waals surface area contributed by atoms with Gasteiger partial charge in [-0.1, -0.05) is 19.3 Å². The number of ketones is 1. The maximum absolute atomic E-state index is 13.7. The van der Waals surface area contributed by atoms with Crippen LogP contribution in [-0.2, 0) is 0 Å². The van der Waals surface area contributed by atoms with Gasteiger partial charge in [-0.3, -0.25) is 4.79 Å². The molecule has 1 saturated carbocycles. The van der Waals surface area contributed by atoms with Crippen LogP contribution in [0.1, 0.15) is 48.9 Å². The van der Waals surface area contributed by atoms with Crippen LogP contribution in [0.3, 0.4) is 0 Å². The van der Waals surface area contributed by atoms with Crippen LogP contribution in [0.15, 0.2) is 18.2 Å². The monoisotopic (exact) mass is 279 g/mol. The van der Waals surface area contributed by atoms with Gasteiger partial charge in [0.05, 0.1) is 7.11 Å². The van der Waals surface area contributed by atoms with Crippen molar-refractivity contribution in [1.29, 1.82) is 0 Å². The van der Waals surface area contributed by atoms with Gasteiger partial charge in [-0.2, -0.15) is 0 Å². The number of rotatable bonds is 5. The molecule has 0 aliphatic heterocycles. The summed E-state index contributed by atoms with van der Waals surface area (Å²) in [5.41, 5.74) is 0.301. The number of Topliss-reactive ketones (excluding diaryl/α,β-unsaturated/α-hetero) is 1. The Hall–Kier alpha value is -1.42. The molecule has 1 aromatic rings. The summed E-state index contributed by atoms with van der Waals surface area (Å²) in [6.07, 6.45) is 5.96. The highest BCUT2D eigenvalue weighted by atomic mass is 19.1. The molecule has 0 atom stereocenters. The Morgan fingerprint density at radius 3 is 2.60 bits per heavy atom. The molecule has 4 heteroatoms. The third kappa shape index (κ3) is 3.18. The summed E-state index contributed by atoms with van der Waals surface area (Å²) in [5.74, 6) is -0.328. The molecule has 2 rings (SSSR count). The van der Waals surface area contributed by atoms with Crippen LogP contribution >= 0.6 is 0 Å². The van der Waals surface area contributed by atoms with Crippen LogP contribution in [0, 0.1) is 5.82 Å². The lowest BCUT2D eigenvalue weighted by Crippen LogP contribution is -2.46. The highest BCUT2D eigenvalue weighted by Crippen LogP contribution is 2.32. The van der Waals surface area contributed by atoms with Gasteiger partial charge in [0.15, 0.2) is 17.3 Å². The van der Waals surface area contributed by atoms with Crippen molar-refractivity contribution in [3.8, 4) is 5.75 Å². The van der Waals surface area contributed by atoms with Crippen LogP contribution in [0.5, 0.6) is 5.75 Å². The van der Waals surface area contributed by atoms with E-state index in [-0.39, 0.29) is 17.1 Å². The van der Waals surface area contributed by atoms with Crippen molar-refractivity contribution in [2.24, 2.45) is 0 Å². The molecule has 110 valence electrons. The highest BCUT2D eigenvalue weighted by Gasteiger charge is 2.32. The molecule has 0 amide bonds. The zero-order valence-corrected chi connectivity index (χ0v) is 12.2. The zero-order valence-electron chi connectivity index (χ0n) is 12.2. The van der Waals surface area contributed by atoms with E-state index in [1.165, 1.54) is 25.7 Å². The molecule has 0 aromatic heterocycles. The van der Waals surface area contributed by atoms with Gasteiger partial charge in [-0.05, 0) is 38.1 Å². The van der Waals surface area contributed by atoms with Crippen LogP contribution in [0.25, 0.3) is 0 Å². The lowest BCUT2D eigenvalue weighted by atomic mass is 9.77. The molecular formula is C16H22FNO2. The minimum Gasteiger partial charge on any atom is -0.494 e. The van der Waals surface area contributed by atoms with E-state index in [2.05, 4.69) is 5.32 Å². The van der Waals surface area contributed by atoms with E-state index >= 15 is 0 Å². The summed E-state index contributed by atoms with van der Waals surface area (Å²) in [6.45, 7) is 0. The minimum absolute atomic E-state index is 0.0113. The second kappa shape index (κ2) is 6.35. The van der Waals surface area contributed by atoms with Gasteiger partial charge >= 0.3 is 0 Å². The number of hydrogen-bond acceptors (Lipinski definition) is 3. The SMILES string of the molecule is CNC1(CC(=O)c2ccc(OC)c(F)c2)CCCCC1. The summed E-state index contributed by atoms with van der Waals surface area (Å²) in [4.78, 5) is 12.4. The normalized spacial score (nSPS) is 17.8. The number of carbonyl (C=O) groups excluding carboxylic acids is 1. The largest absolute Gasteiger partial charge is 0.494 e. The average molecular weight is 279 g/mol. The van der Waals surface area contributed by atoms with Gasteiger partial charge in [0, 0.05) is 17.5 Å². The molecule has 1 aliphatic carbocycles. The predicted molar refractivity (Wildman–Crippen MR) is 76.8 cm³/mol. The lowest BCUT2D eigenvalue weighted by molar-refractivity contribution is 0.0914. The van der Waals surface area contributed by atoms with Crippen molar-refractivity contribution in [3.63, 3.8) is 0 Å². The number of halogens is 1. The first-order chi connectivity index (χ1) is 9.60. The third-order valence-electron chi connectivity index (χ3n) is 4.31. The van der Waals surface area contributed by atoms with E-state index in [9.17, 15) is 9.18 Å². The van der Waals surface area contributed by atoms with Crippen LogP contribution in [-0.4, -0.2) is 25.5 Å². The highest BCUT2D eigenvalue weighted by molar-refractivity contribution is 5.97. The van der Waals surface area contributed by atoms with E-state index in [1.54, 1.807) is 6.07 Å². The van der Waals surface area contributed by atoms with Crippen molar-refractivity contribution in [2.75, 3.05) is 14.2 Å². The quantitative estimate of drug-likeness (QED) is 0.840. The molecule has 1 N–H and O–H groups in total.